The molecule has 0 unspecified atom stereocenters. The molecule has 23 heavy (non-hydrogen) atoms. The van der Waals surface area contributed by atoms with Crippen molar-refractivity contribution >= 4 is 11.8 Å². The van der Waals surface area contributed by atoms with Crippen LogP contribution in [-0.2, 0) is 14.9 Å². The maximum atomic E-state index is 6.11. The Balaban J connectivity index is 1.28. The summed E-state index contributed by atoms with van der Waals surface area (Å²) in [5.74, 6) is 4.50. The predicted octanol–water partition coefficient (Wildman–Crippen LogP) is 3.39. The van der Waals surface area contributed by atoms with Gasteiger partial charge in [-0.3, -0.25) is 0 Å². The lowest BCUT2D eigenvalue weighted by Crippen LogP contribution is -2.48. The standard InChI is InChI=1S/C17H24N2O3S/c1-2-20-10-21-14(1)9-23-16-19-18-15(22-16)17-6-11-3-12(7-17)5-13(4-11)8-17/h11-14H,1-10H2/t11?,12?,13?,14-,17?/m0/s1. The van der Waals surface area contributed by atoms with Crippen LogP contribution in [0.4, 0.5) is 0 Å². The minimum absolute atomic E-state index is 0.204. The molecule has 4 bridgehead atoms. The van der Waals surface area contributed by atoms with Crippen molar-refractivity contribution in [3.63, 3.8) is 0 Å². The average Bonchev–Trinajstić information content (AvgIpc) is 3.02. The highest BCUT2D eigenvalue weighted by Crippen LogP contribution is 2.60. The minimum atomic E-state index is 0.204. The van der Waals surface area contributed by atoms with Crippen LogP contribution in [0.25, 0.3) is 0 Å². The molecule has 0 radical (unpaired) electrons. The quantitative estimate of drug-likeness (QED) is 0.786. The third-order valence-electron chi connectivity index (χ3n) is 6.26. The van der Waals surface area contributed by atoms with E-state index < -0.39 is 0 Å². The van der Waals surface area contributed by atoms with Gasteiger partial charge in [0.05, 0.1) is 12.7 Å². The molecule has 6 heteroatoms. The van der Waals surface area contributed by atoms with E-state index >= 15 is 0 Å². The summed E-state index contributed by atoms with van der Waals surface area (Å²) in [6.45, 7) is 1.20. The minimum Gasteiger partial charge on any atom is -0.415 e. The number of rotatable bonds is 4. The van der Waals surface area contributed by atoms with Crippen LogP contribution in [-0.4, -0.2) is 35.5 Å². The van der Waals surface area contributed by atoms with Crippen LogP contribution in [0.2, 0.25) is 0 Å². The van der Waals surface area contributed by atoms with Crippen LogP contribution in [0.5, 0.6) is 0 Å². The smallest absolute Gasteiger partial charge is 0.276 e. The van der Waals surface area contributed by atoms with Gasteiger partial charge in [-0.05, 0) is 62.7 Å². The Hall–Kier alpha value is -0.590. The number of nitrogens with zero attached hydrogens (tertiary/aromatic N) is 2. The normalized spacial score (nSPS) is 42.3. The highest BCUT2D eigenvalue weighted by molar-refractivity contribution is 7.99. The van der Waals surface area contributed by atoms with E-state index in [1.807, 2.05) is 0 Å². The van der Waals surface area contributed by atoms with Crippen molar-refractivity contribution < 1.29 is 13.9 Å². The van der Waals surface area contributed by atoms with Gasteiger partial charge in [0.25, 0.3) is 5.22 Å². The van der Waals surface area contributed by atoms with E-state index in [1.165, 1.54) is 38.5 Å². The third-order valence-corrected chi connectivity index (χ3v) is 7.21. The molecule has 0 amide bonds. The van der Waals surface area contributed by atoms with Crippen LogP contribution in [0.1, 0.15) is 50.8 Å². The molecule has 0 spiro atoms. The van der Waals surface area contributed by atoms with Crippen molar-refractivity contribution in [2.75, 3.05) is 19.2 Å². The second kappa shape index (κ2) is 5.74. The van der Waals surface area contributed by atoms with E-state index in [9.17, 15) is 0 Å². The van der Waals surface area contributed by atoms with E-state index in [0.717, 1.165) is 42.4 Å². The highest BCUT2D eigenvalue weighted by Gasteiger charge is 2.54. The number of ether oxygens (including phenoxy) is 2. The Bertz CT molecular complexity index is 535. The third kappa shape index (κ3) is 2.72. The number of aromatic nitrogens is 2. The topological polar surface area (TPSA) is 57.4 Å². The fourth-order valence-corrected chi connectivity index (χ4v) is 6.48. The first-order chi connectivity index (χ1) is 11.3. The van der Waals surface area contributed by atoms with Crippen molar-refractivity contribution in [2.45, 2.75) is 61.7 Å². The van der Waals surface area contributed by atoms with Gasteiger partial charge in [-0.1, -0.05) is 11.8 Å². The molecule has 5 aliphatic rings. The van der Waals surface area contributed by atoms with E-state index in [0.29, 0.717) is 12.0 Å². The van der Waals surface area contributed by atoms with E-state index in [2.05, 4.69) is 10.2 Å². The molecule has 126 valence electrons. The lowest BCUT2D eigenvalue weighted by Gasteiger charge is -2.55. The molecule has 1 aromatic rings. The second-order valence-corrected chi connectivity index (χ2v) is 8.96. The van der Waals surface area contributed by atoms with Gasteiger partial charge < -0.3 is 13.9 Å². The highest BCUT2D eigenvalue weighted by atomic mass is 32.2. The van der Waals surface area contributed by atoms with Gasteiger partial charge in [0.15, 0.2) is 0 Å². The Morgan fingerprint density at radius 2 is 1.78 bits per heavy atom. The molecule has 4 aliphatic carbocycles. The van der Waals surface area contributed by atoms with Gasteiger partial charge in [-0.2, -0.15) is 0 Å². The van der Waals surface area contributed by atoms with Crippen LogP contribution in [0.3, 0.4) is 0 Å². The van der Waals surface area contributed by atoms with Crippen molar-refractivity contribution in [3.05, 3.63) is 5.89 Å². The predicted molar refractivity (Wildman–Crippen MR) is 85.2 cm³/mol. The molecule has 6 rings (SSSR count). The molecule has 0 aromatic carbocycles. The summed E-state index contributed by atoms with van der Waals surface area (Å²) in [5, 5.41) is 9.50. The van der Waals surface area contributed by atoms with E-state index in [-0.39, 0.29) is 11.5 Å². The molecule has 5 nitrogen and oxygen atoms in total. The lowest BCUT2D eigenvalue weighted by molar-refractivity contribution is -0.130. The van der Waals surface area contributed by atoms with Gasteiger partial charge in [0, 0.05) is 11.2 Å². The van der Waals surface area contributed by atoms with Gasteiger partial charge in [0.1, 0.15) is 6.79 Å². The summed E-state index contributed by atoms with van der Waals surface area (Å²) in [6, 6.07) is 0. The summed E-state index contributed by atoms with van der Waals surface area (Å²) in [5.41, 5.74) is 0.204. The lowest BCUT2D eigenvalue weighted by atomic mass is 9.49. The fourth-order valence-electron chi connectivity index (χ4n) is 5.65. The summed E-state index contributed by atoms with van der Waals surface area (Å²) in [7, 11) is 0. The molecule has 1 aromatic heterocycles. The Labute approximate surface area is 140 Å². The molecule has 0 N–H and O–H groups in total. The Morgan fingerprint density at radius 1 is 1.04 bits per heavy atom. The van der Waals surface area contributed by atoms with Crippen LogP contribution in [0.15, 0.2) is 9.64 Å². The molecule has 1 aliphatic heterocycles. The largest absolute Gasteiger partial charge is 0.415 e. The van der Waals surface area contributed by atoms with E-state index in [4.69, 9.17) is 13.9 Å². The molecular formula is C17H24N2O3S. The average molecular weight is 336 g/mol. The summed E-state index contributed by atoms with van der Waals surface area (Å²) in [4.78, 5) is 0. The zero-order valence-corrected chi connectivity index (χ0v) is 14.2. The first kappa shape index (κ1) is 14.7. The van der Waals surface area contributed by atoms with Crippen molar-refractivity contribution in [1.29, 1.82) is 0 Å². The number of thioether (sulfide) groups is 1. The number of hydrogen-bond acceptors (Lipinski definition) is 6. The Morgan fingerprint density at radius 3 is 2.43 bits per heavy atom. The molecular weight excluding hydrogens is 312 g/mol. The number of hydrogen-bond donors (Lipinski definition) is 0. The molecule has 1 saturated heterocycles. The SMILES string of the molecule is C1C[C@@H](CSc2nnc(C34CC5CC(CC(C5)C3)C4)o2)OCO1. The second-order valence-electron chi connectivity index (χ2n) is 7.99. The Kier molecular flexibility index (Phi) is 3.68. The van der Waals surface area contributed by atoms with Crippen LogP contribution < -0.4 is 0 Å². The van der Waals surface area contributed by atoms with Crippen molar-refractivity contribution in [2.24, 2.45) is 17.8 Å². The molecule has 2 heterocycles. The molecule has 5 fully saturated rings. The van der Waals surface area contributed by atoms with Crippen molar-refractivity contribution in [3.8, 4) is 0 Å². The first-order valence-electron chi connectivity index (χ1n) is 8.95. The first-order valence-corrected chi connectivity index (χ1v) is 9.94. The fraction of sp³-hybridized carbons (Fsp3) is 0.882. The molecule has 4 saturated carbocycles. The molecule has 1 atom stereocenters. The zero-order chi connectivity index (χ0) is 15.3. The van der Waals surface area contributed by atoms with Crippen molar-refractivity contribution in [1.82, 2.24) is 10.2 Å². The van der Waals surface area contributed by atoms with Gasteiger partial charge in [-0.15, -0.1) is 10.2 Å². The maximum absolute atomic E-state index is 6.11. The summed E-state index contributed by atoms with van der Waals surface area (Å²) < 4.78 is 16.9. The zero-order valence-electron chi connectivity index (χ0n) is 13.4. The van der Waals surface area contributed by atoms with E-state index in [1.54, 1.807) is 11.8 Å². The van der Waals surface area contributed by atoms with Crippen LogP contribution >= 0.6 is 11.8 Å². The maximum Gasteiger partial charge on any atom is 0.276 e. The van der Waals surface area contributed by atoms with Gasteiger partial charge in [-0.25, -0.2) is 0 Å². The van der Waals surface area contributed by atoms with Gasteiger partial charge >= 0.3 is 0 Å². The summed E-state index contributed by atoms with van der Waals surface area (Å²) in [6.07, 6.45) is 9.33. The monoisotopic (exact) mass is 336 g/mol. The van der Waals surface area contributed by atoms with Crippen LogP contribution in [0, 0.1) is 17.8 Å². The van der Waals surface area contributed by atoms with Gasteiger partial charge in [0.2, 0.25) is 5.89 Å². The summed E-state index contributed by atoms with van der Waals surface area (Å²) >= 11 is 1.63.